The molecule has 6 heteroatoms. The lowest BCUT2D eigenvalue weighted by Gasteiger charge is -2.09. The highest BCUT2D eigenvalue weighted by atomic mass is 35.5. The SMILES string of the molecule is Clc1cc(NCc2cccs2)c2sccc2n1.NC1CC=CCC1. The predicted molar refractivity (Wildman–Crippen MR) is 107 cm³/mol. The Kier molecular flexibility index (Phi) is 6.26. The lowest BCUT2D eigenvalue weighted by Crippen LogP contribution is -2.19. The largest absolute Gasteiger partial charge is 0.379 e. The lowest BCUT2D eigenvalue weighted by molar-refractivity contribution is 0.606. The minimum absolute atomic E-state index is 0.449. The first-order valence-corrected chi connectivity index (χ1v) is 10.1. The molecule has 0 aliphatic heterocycles. The van der Waals surface area contributed by atoms with Crippen LogP contribution in [0.2, 0.25) is 5.15 Å². The Morgan fingerprint density at radius 2 is 2.17 bits per heavy atom. The van der Waals surface area contributed by atoms with Crippen molar-refractivity contribution >= 4 is 50.2 Å². The van der Waals surface area contributed by atoms with E-state index < -0.39 is 0 Å². The minimum atomic E-state index is 0.449. The molecule has 0 spiro atoms. The van der Waals surface area contributed by atoms with Gasteiger partial charge < -0.3 is 11.1 Å². The summed E-state index contributed by atoms with van der Waals surface area (Å²) in [6.45, 7) is 0.824. The molecule has 0 saturated carbocycles. The molecule has 0 saturated heterocycles. The third kappa shape index (κ3) is 4.80. The van der Waals surface area contributed by atoms with Crippen molar-refractivity contribution in [3.05, 3.63) is 57.2 Å². The highest BCUT2D eigenvalue weighted by molar-refractivity contribution is 7.17. The molecule has 0 radical (unpaired) electrons. The van der Waals surface area contributed by atoms with Gasteiger partial charge in [-0.05, 0) is 42.2 Å². The van der Waals surface area contributed by atoms with Crippen LogP contribution in [-0.2, 0) is 6.54 Å². The maximum absolute atomic E-state index is 6.00. The van der Waals surface area contributed by atoms with E-state index in [9.17, 15) is 0 Å². The van der Waals surface area contributed by atoms with Crippen molar-refractivity contribution in [2.45, 2.75) is 31.8 Å². The van der Waals surface area contributed by atoms with Gasteiger partial charge in [0.25, 0.3) is 0 Å². The number of hydrogen-bond donors (Lipinski definition) is 2. The number of thiophene rings is 2. The van der Waals surface area contributed by atoms with Gasteiger partial charge in [0.05, 0.1) is 15.9 Å². The number of fused-ring (bicyclic) bond motifs is 1. The number of rotatable bonds is 3. The molecule has 126 valence electrons. The van der Waals surface area contributed by atoms with E-state index in [4.69, 9.17) is 17.3 Å². The Labute approximate surface area is 155 Å². The summed E-state index contributed by atoms with van der Waals surface area (Å²) in [5.41, 5.74) is 7.60. The predicted octanol–water partition coefficient (Wildman–Crippen LogP) is 5.68. The van der Waals surface area contributed by atoms with Crippen LogP contribution in [0.3, 0.4) is 0 Å². The number of allylic oxidation sites excluding steroid dienone is 1. The molecule has 1 unspecified atom stereocenters. The quantitative estimate of drug-likeness (QED) is 0.456. The standard InChI is InChI=1S/C12H9ClN2S2.C6H11N/c13-11-6-10(12-9(15-11)3-5-17-12)14-7-8-2-1-4-16-8;7-6-4-2-1-3-5-6/h1-6H,7H2,(H,14,15);1-2,6H,3-5,7H2. The van der Waals surface area contributed by atoms with Crippen LogP contribution in [-0.4, -0.2) is 11.0 Å². The zero-order chi connectivity index (χ0) is 16.8. The summed E-state index contributed by atoms with van der Waals surface area (Å²) in [4.78, 5) is 5.59. The van der Waals surface area contributed by atoms with Crippen molar-refractivity contribution in [1.29, 1.82) is 0 Å². The Hall–Kier alpha value is -1.40. The highest BCUT2D eigenvalue weighted by Gasteiger charge is 2.06. The molecule has 0 fully saturated rings. The number of halogens is 1. The molecule has 0 bridgehead atoms. The van der Waals surface area contributed by atoms with E-state index in [0.717, 1.165) is 28.9 Å². The first-order valence-electron chi connectivity index (χ1n) is 7.93. The van der Waals surface area contributed by atoms with Crippen LogP contribution in [0.25, 0.3) is 10.2 Å². The molecular formula is C18H20ClN3S2. The summed E-state index contributed by atoms with van der Waals surface area (Å²) in [6.07, 6.45) is 7.80. The van der Waals surface area contributed by atoms with Crippen molar-refractivity contribution < 1.29 is 0 Å². The van der Waals surface area contributed by atoms with E-state index in [1.807, 2.05) is 17.5 Å². The van der Waals surface area contributed by atoms with Gasteiger partial charge in [0.15, 0.2) is 0 Å². The summed E-state index contributed by atoms with van der Waals surface area (Å²) < 4.78 is 1.16. The minimum Gasteiger partial charge on any atom is -0.379 e. The van der Waals surface area contributed by atoms with Gasteiger partial charge in [-0.25, -0.2) is 4.98 Å². The number of anilines is 1. The number of hydrogen-bond acceptors (Lipinski definition) is 5. The van der Waals surface area contributed by atoms with Crippen molar-refractivity contribution in [2.24, 2.45) is 5.73 Å². The lowest BCUT2D eigenvalue weighted by atomic mass is 10.0. The average Bonchev–Trinajstić information content (AvgIpc) is 3.25. The van der Waals surface area contributed by atoms with E-state index in [2.05, 4.69) is 40.0 Å². The number of aromatic nitrogens is 1. The normalized spacial score (nSPS) is 16.7. The van der Waals surface area contributed by atoms with Crippen LogP contribution >= 0.6 is 34.3 Å². The van der Waals surface area contributed by atoms with Crippen molar-refractivity contribution in [3.8, 4) is 0 Å². The molecule has 0 aromatic carbocycles. The van der Waals surface area contributed by atoms with Gasteiger partial charge in [-0.1, -0.05) is 29.8 Å². The summed E-state index contributed by atoms with van der Waals surface area (Å²) in [7, 11) is 0. The Morgan fingerprint density at radius 1 is 1.25 bits per heavy atom. The van der Waals surface area contributed by atoms with E-state index in [1.165, 1.54) is 17.7 Å². The fourth-order valence-corrected chi connectivity index (χ4v) is 4.14. The summed E-state index contributed by atoms with van der Waals surface area (Å²) in [5.74, 6) is 0. The van der Waals surface area contributed by atoms with Crippen LogP contribution in [0, 0.1) is 0 Å². The smallest absolute Gasteiger partial charge is 0.131 e. The van der Waals surface area contributed by atoms with Crippen LogP contribution in [0.15, 0.2) is 47.2 Å². The monoisotopic (exact) mass is 377 g/mol. The maximum Gasteiger partial charge on any atom is 0.131 e. The number of nitrogens with zero attached hydrogens (tertiary/aromatic N) is 1. The fourth-order valence-electron chi connectivity index (χ4n) is 2.47. The molecule has 4 rings (SSSR count). The Morgan fingerprint density at radius 3 is 2.83 bits per heavy atom. The molecule has 1 aliphatic carbocycles. The second-order valence-corrected chi connectivity index (χ2v) is 7.94. The number of nitrogens with two attached hydrogens (primary N) is 1. The first-order chi connectivity index (χ1) is 11.7. The fraction of sp³-hybridized carbons (Fsp3) is 0.278. The van der Waals surface area contributed by atoms with Gasteiger partial charge in [0.1, 0.15) is 5.15 Å². The Bertz CT molecular complexity index is 796. The van der Waals surface area contributed by atoms with E-state index in [0.29, 0.717) is 11.2 Å². The third-order valence-electron chi connectivity index (χ3n) is 3.72. The molecule has 1 atom stereocenters. The molecule has 1 aliphatic rings. The zero-order valence-corrected chi connectivity index (χ0v) is 15.6. The summed E-state index contributed by atoms with van der Waals surface area (Å²) in [6, 6.07) is 8.49. The maximum atomic E-state index is 6.00. The van der Waals surface area contributed by atoms with E-state index >= 15 is 0 Å². The van der Waals surface area contributed by atoms with Gasteiger partial charge in [0, 0.05) is 23.5 Å². The molecule has 0 amide bonds. The van der Waals surface area contributed by atoms with E-state index in [1.54, 1.807) is 22.7 Å². The second kappa shape index (κ2) is 8.62. The molecule has 3 nitrogen and oxygen atoms in total. The summed E-state index contributed by atoms with van der Waals surface area (Å²) in [5, 5.41) is 8.06. The molecular weight excluding hydrogens is 358 g/mol. The van der Waals surface area contributed by atoms with Crippen molar-refractivity contribution in [2.75, 3.05) is 5.32 Å². The average molecular weight is 378 g/mol. The van der Waals surface area contributed by atoms with Crippen LogP contribution < -0.4 is 11.1 Å². The van der Waals surface area contributed by atoms with Crippen molar-refractivity contribution in [3.63, 3.8) is 0 Å². The van der Waals surface area contributed by atoms with Crippen LogP contribution in [0.5, 0.6) is 0 Å². The number of nitrogens with one attached hydrogen (secondary N) is 1. The van der Waals surface area contributed by atoms with Crippen LogP contribution in [0.1, 0.15) is 24.1 Å². The van der Waals surface area contributed by atoms with E-state index in [-0.39, 0.29) is 0 Å². The van der Waals surface area contributed by atoms with Gasteiger partial charge in [-0.3, -0.25) is 0 Å². The molecule has 3 N–H and O–H groups in total. The Balaban J connectivity index is 0.000000203. The molecule has 3 aromatic heterocycles. The zero-order valence-electron chi connectivity index (χ0n) is 13.2. The summed E-state index contributed by atoms with van der Waals surface area (Å²) >= 11 is 9.42. The van der Waals surface area contributed by atoms with Crippen LogP contribution in [0.4, 0.5) is 5.69 Å². The number of pyridine rings is 1. The van der Waals surface area contributed by atoms with Gasteiger partial charge in [-0.15, -0.1) is 22.7 Å². The molecule has 24 heavy (non-hydrogen) atoms. The highest BCUT2D eigenvalue weighted by Crippen LogP contribution is 2.30. The second-order valence-electron chi connectivity index (χ2n) is 5.60. The van der Waals surface area contributed by atoms with Crippen molar-refractivity contribution in [1.82, 2.24) is 4.98 Å². The van der Waals surface area contributed by atoms with Gasteiger partial charge >= 0.3 is 0 Å². The third-order valence-corrected chi connectivity index (χ3v) is 5.73. The van der Waals surface area contributed by atoms with Gasteiger partial charge in [-0.2, -0.15) is 0 Å². The van der Waals surface area contributed by atoms with Gasteiger partial charge in [0.2, 0.25) is 0 Å². The first kappa shape index (κ1) is 17.4. The molecule has 3 heterocycles. The molecule has 3 aromatic rings. The topological polar surface area (TPSA) is 50.9 Å².